The Morgan fingerprint density at radius 1 is 1.04 bits per heavy atom. The molecule has 1 aromatic heterocycles. The molecule has 3 heteroatoms. The van der Waals surface area contributed by atoms with Crippen LogP contribution in [-0.4, -0.2) is 0 Å². The highest BCUT2D eigenvalue weighted by Crippen LogP contribution is 2.33. The maximum atomic E-state index is 12.2. The minimum absolute atomic E-state index is 0.187. The molecular weight excluding hydrogens is 288 g/mol. The van der Waals surface area contributed by atoms with Gasteiger partial charge in [-0.05, 0) is 49.4 Å². The van der Waals surface area contributed by atoms with E-state index in [9.17, 15) is 4.79 Å². The molecular formula is C20H18O3. The molecule has 0 unspecified atom stereocenters. The Kier molecular flexibility index (Phi) is 3.41. The maximum Gasteiger partial charge on any atom is 0.339 e. The normalized spacial score (nSPS) is 13.3. The number of rotatable bonds is 3. The van der Waals surface area contributed by atoms with Crippen LogP contribution in [0, 0.1) is 6.92 Å². The molecule has 0 saturated carbocycles. The van der Waals surface area contributed by atoms with E-state index in [0.29, 0.717) is 12.2 Å². The van der Waals surface area contributed by atoms with Gasteiger partial charge in [0.1, 0.15) is 17.9 Å². The van der Waals surface area contributed by atoms with E-state index < -0.39 is 0 Å². The first kappa shape index (κ1) is 14.1. The SMILES string of the molecule is Cc1c(OCc2ccccc2)ccc2c3c(c(=O)oc12)CCC3. The van der Waals surface area contributed by atoms with E-state index in [2.05, 4.69) is 0 Å². The van der Waals surface area contributed by atoms with Gasteiger partial charge in [0.15, 0.2) is 0 Å². The van der Waals surface area contributed by atoms with Crippen LogP contribution < -0.4 is 10.4 Å². The number of aryl methyl sites for hydroxylation is 2. The van der Waals surface area contributed by atoms with Crippen LogP contribution in [0.3, 0.4) is 0 Å². The molecule has 0 amide bonds. The predicted molar refractivity (Wildman–Crippen MR) is 90.0 cm³/mol. The Balaban J connectivity index is 1.74. The van der Waals surface area contributed by atoms with Gasteiger partial charge in [0.05, 0.1) is 0 Å². The third-order valence-corrected chi connectivity index (χ3v) is 4.58. The number of hydrogen-bond donors (Lipinski definition) is 0. The Morgan fingerprint density at radius 3 is 2.65 bits per heavy atom. The Morgan fingerprint density at radius 2 is 1.83 bits per heavy atom. The van der Waals surface area contributed by atoms with Crippen LogP contribution in [0.25, 0.3) is 11.0 Å². The van der Waals surface area contributed by atoms with Gasteiger partial charge in [-0.2, -0.15) is 0 Å². The topological polar surface area (TPSA) is 39.4 Å². The van der Waals surface area contributed by atoms with E-state index in [1.165, 1.54) is 0 Å². The van der Waals surface area contributed by atoms with Crippen molar-refractivity contribution < 1.29 is 9.15 Å². The molecule has 0 atom stereocenters. The number of benzene rings is 2. The maximum absolute atomic E-state index is 12.2. The van der Waals surface area contributed by atoms with Crippen LogP contribution in [0.15, 0.2) is 51.7 Å². The van der Waals surface area contributed by atoms with Crippen molar-refractivity contribution in [3.8, 4) is 5.75 Å². The van der Waals surface area contributed by atoms with Crippen LogP contribution in [0.4, 0.5) is 0 Å². The first-order chi connectivity index (χ1) is 11.2. The summed E-state index contributed by atoms with van der Waals surface area (Å²) < 4.78 is 11.5. The molecule has 3 nitrogen and oxygen atoms in total. The van der Waals surface area contributed by atoms with Crippen LogP contribution in [0.2, 0.25) is 0 Å². The van der Waals surface area contributed by atoms with Crippen molar-refractivity contribution >= 4 is 11.0 Å². The quantitative estimate of drug-likeness (QED) is 0.682. The smallest absolute Gasteiger partial charge is 0.339 e. The number of hydrogen-bond acceptors (Lipinski definition) is 3. The Hall–Kier alpha value is -2.55. The van der Waals surface area contributed by atoms with Gasteiger partial charge in [-0.3, -0.25) is 0 Å². The molecule has 2 aromatic carbocycles. The summed E-state index contributed by atoms with van der Waals surface area (Å²) in [6.45, 7) is 2.45. The summed E-state index contributed by atoms with van der Waals surface area (Å²) in [4.78, 5) is 12.2. The van der Waals surface area contributed by atoms with Crippen molar-refractivity contribution in [2.24, 2.45) is 0 Å². The van der Waals surface area contributed by atoms with Gasteiger partial charge in [-0.15, -0.1) is 0 Å². The molecule has 0 aliphatic heterocycles. The molecule has 0 bridgehead atoms. The molecule has 0 radical (unpaired) electrons. The van der Waals surface area contributed by atoms with Gasteiger partial charge >= 0.3 is 5.63 Å². The molecule has 0 spiro atoms. The lowest BCUT2D eigenvalue weighted by molar-refractivity contribution is 0.304. The molecule has 0 N–H and O–H groups in total. The van der Waals surface area contributed by atoms with Gasteiger partial charge in [0.2, 0.25) is 0 Å². The second-order valence-electron chi connectivity index (χ2n) is 6.04. The molecule has 1 heterocycles. The minimum Gasteiger partial charge on any atom is -0.488 e. The number of fused-ring (bicyclic) bond motifs is 3. The summed E-state index contributed by atoms with van der Waals surface area (Å²) in [5.74, 6) is 0.766. The zero-order valence-corrected chi connectivity index (χ0v) is 13.1. The first-order valence-corrected chi connectivity index (χ1v) is 7.99. The summed E-state index contributed by atoms with van der Waals surface area (Å²) in [7, 11) is 0. The van der Waals surface area contributed by atoms with E-state index >= 15 is 0 Å². The van der Waals surface area contributed by atoms with Crippen LogP contribution in [-0.2, 0) is 19.4 Å². The lowest BCUT2D eigenvalue weighted by Crippen LogP contribution is -2.08. The summed E-state index contributed by atoms with van der Waals surface area (Å²) in [5.41, 5.74) is 4.51. The van der Waals surface area contributed by atoms with E-state index in [0.717, 1.165) is 52.7 Å². The summed E-state index contributed by atoms with van der Waals surface area (Å²) in [6, 6.07) is 14.0. The molecule has 116 valence electrons. The van der Waals surface area contributed by atoms with Gasteiger partial charge < -0.3 is 9.15 Å². The summed E-state index contributed by atoms with van der Waals surface area (Å²) in [5, 5.41) is 1.06. The van der Waals surface area contributed by atoms with E-state index in [4.69, 9.17) is 9.15 Å². The first-order valence-electron chi connectivity index (χ1n) is 7.99. The van der Waals surface area contributed by atoms with Gasteiger partial charge in [-0.25, -0.2) is 4.79 Å². The van der Waals surface area contributed by atoms with Crippen LogP contribution >= 0.6 is 0 Å². The fourth-order valence-electron chi connectivity index (χ4n) is 3.35. The van der Waals surface area contributed by atoms with Crippen molar-refractivity contribution in [2.75, 3.05) is 0 Å². The molecule has 3 aromatic rings. The fraction of sp³-hybridized carbons (Fsp3) is 0.250. The average Bonchev–Trinajstić information content (AvgIpc) is 3.07. The highest BCUT2D eigenvalue weighted by molar-refractivity contribution is 5.86. The largest absolute Gasteiger partial charge is 0.488 e. The van der Waals surface area contributed by atoms with Gasteiger partial charge in [0.25, 0.3) is 0 Å². The molecule has 4 rings (SSSR count). The zero-order chi connectivity index (χ0) is 15.8. The Labute approximate surface area is 134 Å². The third kappa shape index (κ3) is 2.42. The van der Waals surface area contributed by atoms with Crippen molar-refractivity contribution in [1.29, 1.82) is 0 Å². The predicted octanol–water partition coefficient (Wildman–Crippen LogP) is 4.17. The van der Waals surface area contributed by atoms with Gasteiger partial charge in [0, 0.05) is 16.5 Å². The van der Waals surface area contributed by atoms with Gasteiger partial charge in [-0.1, -0.05) is 30.3 Å². The van der Waals surface area contributed by atoms with Crippen molar-refractivity contribution in [3.05, 3.63) is 75.1 Å². The molecule has 1 aliphatic carbocycles. The highest BCUT2D eigenvalue weighted by Gasteiger charge is 2.21. The molecule has 23 heavy (non-hydrogen) atoms. The minimum atomic E-state index is -0.187. The number of ether oxygens (including phenoxy) is 1. The zero-order valence-electron chi connectivity index (χ0n) is 13.1. The lowest BCUT2D eigenvalue weighted by atomic mass is 10.0. The van der Waals surface area contributed by atoms with E-state index in [1.807, 2.05) is 49.4 Å². The van der Waals surface area contributed by atoms with Crippen molar-refractivity contribution in [3.63, 3.8) is 0 Å². The lowest BCUT2D eigenvalue weighted by Gasteiger charge is -2.12. The van der Waals surface area contributed by atoms with Crippen LogP contribution in [0.1, 0.15) is 28.7 Å². The standard InChI is InChI=1S/C20H18O3/c1-13-18(22-12-14-6-3-2-4-7-14)11-10-16-15-8-5-9-17(15)20(21)23-19(13)16/h2-4,6-7,10-11H,5,8-9,12H2,1H3. The van der Waals surface area contributed by atoms with Crippen LogP contribution in [0.5, 0.6) is 5.75 Å². The van der Waals surface area contributed by atoms with Crippen molar-refractivity contribution in [1.82, 2.24) is 0 Å². The Bertz CT molecular complexity index is 923. The average molecular weight is 306 g/mol. The fourth-order valence-corrected chi connectivity index (χ4v) is 3.35. The van der Waals surface area contributed by atoms with Crippen molar-refractivity contribution in [2.45, 2.75) is 32.8 Å². The van der Waals surface area contributed by atoms with E-state index in [1.54, 1.807) is 0 Å². The summed E-state index contributed by atoms with van der Waals surface area (Å²) >= 11 is 0. The summed E-state index contributed by atoms with van der Waals surface area (Å²) in [6.07, 6.45) is 2.82. The molecule has 0 fully saturated rings. The third-order valence-electron chi connectivity index (χ3n) is 4.58. The monoisotopic (exact) mass is 306 g/mol. The molecule has 1 aliphatic rings. The van der Waals surface area contributed by atoms with E-state index in [-0.39, 0.29) is 5.63 Å². The highest BCUT2D eigenvalue weighted by atomic mass is 16.5. The second kappa shape index (κ2) is 5.58. The molecule has 0 saturated heterocycles. The second-order valence-corrected chi connectivity index (χ2v) is 6.04.